The molecular weight excluding hydrogens is 318 g/mol. The van der Waals surface area contributed by atoms with Gasteiger partial charge in [-0.05, 0) is 18.2 Å². The molecule has 2 N–H and O–H groups in total. The van der Waals surface area contributed by atoms with Crippen LogP contribution in [-0.4, -0.2) is 39.2 Å². The molecule has 23 heavy (non-hydrogen) atoms. The second-order valence-electron chi connectivity index (χ2n) is 4.86. The van der Waals surface area contributed by atoms with Crippen molar-refractivity contribution >= 4 is 23.5 Å². The number of aliphatic hydroxyl groups excluding tert-OH is 1. The number of hydrogen-bond acceptors (Lipinski definition) is 6. The number of aliphatic hydroxyl groups is 1. The van der Waals surface area contributed by atoms with Crippen molar-refractivity contribution in [1.29, 1.82) is 0 Å². The number of anilines is 1. The first-order valence-electron chi connectivity index (χ1n) is 7.01. The summed E-state index contributed by atoms with van der Waals surface area (Å²) in [6, 6.07) is 10.3. The van der Waals surface area contributed by atoms with Crippen LogP contribution in [0, 0.1) is 0 Å². The number of thioether (sulfide) groups is 1. The SMILES string of the molecule is O=C(Nc1ccn(C2COC(CO)S2)c(=O)n1)c1ccccc1. The molecule has 1 aliphatic rings. The van der Waals surface area contributed by atoms with E-state index in [4.69, 9.17) is 9.84 Å². The van der Waals surface area contributed by atoms with Crippen molar-refractivity contribution in [2.45, 2.75) is 10.8 Å². The van der Waals surface area contributed by atoms with E-state index in [-0.39, 0.29) is 29.1 Å². The minimum absolute atomic E-state index is 0.103. The van der Waals surface area contributed by atoms with Gasteiger partial charge in [0.25, 0.3) is 5.91 Å². The summed E-state index contributed by atoms with van der Waals surface area (Å²) in [5, 5.41) is 11.4. The molecule has 0 spiro atoms. The molecule has 0 bridgehead atoms. The van der Waals surface area contributed by atoms with Crippen LogP contribution in [0.5, 0.6) is 0 Å². The van der Waals surface area contributed by atoms with E-state index >= 15 is 0 Å². The molecular formula is C15H15N3O4S. The Balaban J connectivity index is 1.72. The zero-order chi connectivity index (χ0) is 16.2. The van der Waals surface area contributed by atoms with E-state index in [0.29, 0.717) is 12.2 Å². The van der Waals surface area contributed by atoms with Crippen LogP contribution >= 0.6 is 11.8 Å². The van der Waals surface area contributed by atoms with Crippen LogP contribution in [0.1, 0.15) is 15.7 Å². The fraction of sp³-hybridized carbons (Fsp3) is 0.267. The monoisotopic (exact) mass is 333 g/mol. The summed E-state index contributed by atoms with van der Waals surface area (Å²) in [5.74, 6) is -0.128. The normalized spacial score (nSPS) is 20.4. The van der Waals surface area contributed by atoms with Gasteiger partial charge in [-0.15, -0.1) is 11.8 Å². The molecule has 7 nitrogen and oxygen atoms in total. The number of amides is 1. The van der Waals surface area contributed by atoms with Crippen molar-refractivity contribution in [3.8, 4) is 0 Å². The van der Waals surface area contributed by atoms with E-state index in [1.165, 1.54) is 16.3 Å². The lowest BCUT2D eigenvalue weighted by Crippen LogP contribution is -2.27. The highest BCUT2D eigenvalue weighted by molar-refractivity contribution is 8.00. The quantitative estimate of drug-likeness (QED) is 0.869. The minimum atomic E-state index is -0.476. The van der Waals surface area contributed by atoms with Crippen LogP contribution < -0.4 is 11.0 Å². The number of carbonyl (C=O) groups is 1. The first-order valence-corrected chi connectivity index (χ1v) is 7.95. The smallest absolute Gasteiger partial charge is 0.350 e. The van der Waals surface area contributed by atoms with E-state index in [9.17, 15) is 9.59 Å². The Kier molecular flexibility index (Phi) is 4.75. The van der Waals surface area contributed by atoms with Crippen LogP contribution in [0.15, 0.2) is 47.4 Å². The highest BCUT2D eigenvalue weighted by Crippen LogP contribution is 2.34. The van der Waals surface area contributed by atoms with Crippen LogP contribution in [0.2, 0.25) is 0 Å². The van der Waals surface area contributed by atoms with Gasteiger partial charge in [-0.1, -0.05) is 18.2 Å². The van der Waals surface area contributed by atoms with Gasteiger partial charge in [-0.3, -0.25) is 9.36 Å². The minimum Gasteiger partial charge on any atom is -0.393 e. The number of nitrogens with one attached hydrogen (secondary N) is 1. The molecule has 1 aliphatic heterocycles. The van der Waals surface area contributed by atoms with Crippen LogP contribution in [0.4, 0.5) is 5.82 Å². The largest absolute Gasteiger partial charge is 0.393 e. The van der Waals surface area contributed by atoms with Crippen LogP contribution in [-0.2, 0) is 4.74 Å². The van der Waals surface area contributed by atoms with E-state index in [1.54, 1.807) is 36.5 Å². The predicted molar refractivity (Wildman–Crippen MR) is 86.3 cm³/mol. The average molecular weight is 333 g/mol. The summed E-state index contributed by atoms with van der Waals surface area (Å²) in [6.45, 7) is 0.224. The average Bonchev–Trinajstić information content (AvgIpc) is 3.04. The molecule has 0 saturated carbocycles. The molecule has 1 saturated heterocycles. The fourth-order valence-corrected chi connectivity index (χ4v) is 3.21. The van der Waals surface area contributed by atoms with Crippen molar-refractivity contribution < 1.29 is 14.6 Å². The van der Waals surface area contributed by atoms with Gasteiger partial charge in [-0.25, -0.2) is 4.79 Å². The number of benzene rings is 1. The van der Waals surface area contributed by atoms with E-state index in [1.807, 2.05) is 6.07 Å². The van der Waals surface area contributed by atoms with E-state index in [0.717, 1.165) is 0 Å². The van der Waals surface area contributed by atoms with Gasteiger partial charge < -0.3 is 15.2 Å². The maximum absolute atomic E-state index is 12.1. The molecule has 2 atom stereocenters. The third-order valence-corrected chi connectivity index (χ3v) is 4.57. The van der Waals surface area contributed by atoms with Crippen molar-refractivity contribution in [2.75, 3.05) is 18.5 Å². The Hall–Kier alpha value is -2.16. The number of aromatic nitrogens is 2. The van der Waals surface area contributed by atoms with Gasteiger partial charge in [-0.2, -0.15) is 4.98 Å². The molecule has 0 radical (unpaired) electrons. The number of hydrogen-bond donors (Lipinski definition) is 2. The standard InChI is InChI=1S/C15H15N3O4S/c19-8-13-22-9-12(23-13)18-7-6-11(17-15(18)21)16-14(20)10-4-2-1-3-5-10/h1-7,12-13,19H,8-9H2,(H,16,17,20,21). The Morgan fingerprint density at radius 2 is 2.17 bits per heavy atom. The molecule has 2 aromatic rings. The van der Waals surface area contributed by atoms with Crippen molar-refractivity contribution in [1.82, 2.24) is 9.55 Å². The number of ether oxygens (including phenoxy) is 1. The molecule has 2 heterocycles. The zero-order valence-electron chi connectivity index (χ0n) is 12.1. The third-order valence-electron chi connectivity index (χ3n) is 3.30. The van der Waals surface area contributed by atoms with Crippen molar-refractivity contribution in [3.63, 3.8) is 0 Å². The topological polar surface area (TPSA) is 93.5 Å². The first kappa shape index (κ1) is 15.7. The van der Waals surface area contributed by atoms with Gasteiger partial charge in [0, 0.05) is 11.8 Å². The summed E-state index contributed by atoms with van der Waals surface area (Å²) in [7, 11) is 0. The Morgan fingerprint density at radius 1 is 1.39 bits per heavy atom. The Morgan fingerprint density at radius 3 is 2.83 bits per heavy atom. The summed E-state index contributed by atoms with van der Waals surface area (Å²) < 4.78 is 6.76. The second kappa shape index (κ2) is 6.95. The second-order valence-corrected chi connectivity index (χ2v) is 6.20. The summed E-state index contributed by atoms with van der Waals surface area (Å²) >= 11 is 1.36. The molecule has 120 valence electrons. The summed E-state index contributed by atoms with van der Waals surface area (Å²) in [5.41, 5.74) is -0.316. The Bertz CT molecular complexity index is 750. The maximum Gasteiger partial charge on any atom is 0.350 e. The number of nitrogens with zero attached hydrogens (tertiary/aromatic N) is 2. The first-order chi connectivity index (χ1) is 11.2. The number of carbonyl (C=O) groups excluding carboxylic acids is 1. The number of rotatable bonds is 4. The summed E-state index contributed by atoms with van der Waals surface area (Å²) in [4.78, 5) is 28.0. The van der Waals surface area contributed by atoms with Crippen LogP contribution in [0.25, 0.3) is 0 Å². The van der Waals surface area contributed by atoms with Crippen LogP contribution in [0.3, 0.4) is 0 Å². The zero-order valence-corrected chi connectivity index (χ0v) is 12.9. The summed E-state index contributed by atoms with van der Waals surface area (Å²) in [6.07, 6.45) is 1.57. The van der Waals surface area contributed by atoms with Gasteiger partial charge in [0.1, 0.15) is 16.6 Å². The molecule has 1 aromatic heterocycles. The highest BCUT2D eigenvalue weighted by Gasteiger charge is 2.27. The van der Waals surface area contributed by atoms with Crippen molar-refractivity contribution in [3.05, 3.63) is 58.6 Å². The molecule has 8 heteroatoms. The van der Waals surface area contributed by atoms with Gasteiger partial charge in [0.2, 0.25) is 0 Å². The molecule has 2 unspecified atom stereocenters. The molecule has 0 aliphatic carbocycles. The fourth-order valence-electron chi connectivity index (χ4n) is 2.16. The van der Waals surface area contributed by atoms with Gasteiger partial charge in [0.05, 0.1) is 13.2 Å². The van der Waals surface area contributed by atoms with Gasteiger partial charge in [0.15, 0.2) is 0 Å². The van der Waals surface area contributed by atoms with E-state index in [2.05, 4.69) is 10.3 Å². The molecule has 1 aromatic carbocycles. The predicted octanol–water partition coefficient (Wildman–Crippen LogP) is 1.08. The lowest BCUT2D eigenvalue weighted by atomic mass is 10.2. The third kappa shape index (κ3) is 3.61. The van der Waals surface area contributed by atoms with E-state index < -0.39 is 5.69 Å². The lowest BCUT2D eigenvalue weighted by Gasteiger charge is -2.12. The highest BCUT2D eigenvalue weighted by atomic mass is 32.2. The molecule has 1 fully saturated rings. The van der Waals surface area contributed by atoms with Gasteiger partial charge >= 0.3 is 5.69 Å². The van der Waals surface area contributed by atoms with Crippen molar-refractivity contribution in [2.24, 2.45) is 0 Å². The lowest BCUT2D eigenvalue weighted by molar-refractivity contribution is 0.0803. The molecule has 1 amide bonds. The maximum atomic E-state index is 12.1. The molecule has 3 rings (SSSR count). The Labute approximate surface area is 136 Å².